The molecule has 20 heavy (non-hydrogen) atoms. The molecule has 4 heteroatoms. The minimum atomic E-state index is -0.429. The van der Waals surface area contributed by atoms with Gasteiger partial charge in [-0.3, -0.25) is 0 Å². The lowest BCUT2D eigenvalue weighted by Crippen LogP contribution is -2.24. The Bertz CT molecular complexity index is 659. The fraction of sp³-hybridized carbons (Fsp3) is 0.250. The Morgan fingerprint density at radius 3 is 2.85 bits per heavy atom. The van der Waals surface area contributed by atoms with Crippen molar-refractivity contribution in [1.82, 2.24) is 0 Å². The van der Waals surface area contributed by atoms with Gasteiger partial charge in [-0.1, -0.05) is 41.4 Å². The molecule has 0 amide bonds. The van der Waals surface area contributed by atoms with E-state index in [1.54, 1.807) is 12.1 Å². The largest absolute Gasteiger partial charge is 0.485 e. The summed E-state index contributed by atoms with van der Waals surface area (Å²) in [4.78, 5) is 0. The smallest absolute Gasteiger partial charge is 0.148 e. The highest BCUT2D eigenvalue weighted by atomic mass is 35.5. The van der Waals surface area contributed by atoms with Crippen LogP contribution in [0.1, 0.15) is 35.3 Å². The van der Waals surface area contributed by atoms with Crippen molar-refractivity contribution in [3.8, 4) is 5.75 Å². The van der Waals surface area contributed by atoms with Crippen LogP contribution in [-0.4, -0.2) is 0 Å². The van der Waals surface area contributed by atoms with Crippen LogP contribution in [0.4, 0.5) is 4.39 Å². The normalized spacial score (nSPS) is 21.2. The van der Waals surface area contributed by atoms with E-state index in [0.717, 1.165) is 16.9 Å². The van der Waals surface area contributed by atoms with E-state index in [-0.39, 0.29) is 11.1 Å². The van der Waals surface area contributed by atoms with Crippen LogP contribution < -0.4 is 10.5 Å². The molecule has 3 rings (SSSR count). The minimum Gasteiger partial charge on any atom is -0.485 e. The van der Waals surface area contributed by atoms with Gasteiger partial charge in [0.1, 0.15) is 17.7 Å². The van der Waals surface area contributed by atoms with Crippen molar-refractivity contribution in [2.24, 2.45) is 5.73 Å². The molecule has 2 aromatic carbocycles. The van der Waals surface area contributed by atoms with Crippen LogP contribution in [-0.2, 0) is 0 Å². The summed E-state index contributed by atoms with van der Waals surface area (Å²) in [5.41, 5.74) is 8.76. The lowest BCUT2D eigenvalue weighted by atomic mass is 9.92. The third kappa shape index (κ3) is 2.28. The molecule has 2 unspecified atom stereocenters. The third-order valence-electron chi connectivity index (χ3n) is 3.63. The molecule has 0 spiro atoms. The number of aryl methyl sites for hydroxylation is 1. The maximum atomic E-state index is 14.1. The first kappa shape index (κ1) is 13.4. The van der Waals surface area contributed by atoms with E-state index in [1.165, 1.54) is 6.07 Å². The predicted octanol–water partition coefficient (Wildman–Crippen LogP) is 4.31. The maximum Gasteiger partial charge on any atom is 0.148 e. The van der Waals surface area contributed by atoms with E-state index in [9.17, 15) is 4.39 Å². The number of hydrogen-bond acceptors (Lipinski definition) is 2. The summed E-state index contributed by atoms with van der Waals surface area (Å²) in [7, 11) is 0. The zero-order chi connectivity index (χ0) is 14.3. The molecule has 0 fully saturated rings. The molecule has 2 aromatic rings. The molecule has 104 valence electrons. The Kier molecular flexibility index (Phi) is 3.40. The number of halogens is 2. The van der Waals surface area contributed by atoms with Crippen molar-refractivity contribution in [3.63, 3.8) is 0 Å². The summed E-state index contributed by atoms with van der Waals surface area (Å²) in [5.74, 6) is 0.292. The third-order valence-corrected chi connectivity index (χ3v) is 3.92. The quantitative estimate of drug-likeness (QED) is 0.849. The molecule has 0 bridgehead atoms. The monoisotopic (exact) mass is 291 g/mol. The van der Waals surface area contributed by atoms with Crippen molar-refractivity contribution in [2.75, 3.05) is 0 Å². The summed E-state index contributed by atoms with van der Waals surface area (Å²) in [5, 5.41) is 0.106. The number of hydrogen-bond donors (Lipinski definition) is 1. The zero-order valence-corrected chi connectivity index (χ0v) is 11.8. The second kappa shape index (κ2) is 5.08. The van der Waals surface area contributed by atoms with Gasteiger partial charge in [0, 0.05) is 23.6 Å². The molecule has 0 radical (unpaired) electrons. The summed E-state index contributed by atoms with van der Waals surface area (Å²) >= 11 is 5.83. The number of nitrogens with two attached hydrogens (primary N) is 1. The Morgan fingerprint density at radius 1 is 1.25 bits per heavy atom. The van der Waals surface area contributed by atoms with Gasteiger partial charge in [-0.2, -0.15) is 0 Å². The van der Waals surface area contributed by atoms with Gasteiger partial charge in [-0.25, -0.2) is 4.39 Å². The highest BCUT2D eigenvalue weighted by Crippen LogP contribution is 2.41. The van der Waals surface area contributed by atoms with Crippen LogP contribution in [0.2, 0.25) is 5.02 Å². The van der Waals surface area contributed by atoms with E-state index >= 15 is 0 Å². The van der Waals surface area contributed by atoms with Crippen LogP contribution >= 0.6 is 11.6 Å². The fourth-order valence-corrected chi connectivity index (χ4v) is 2.77. The summed E-state index contributed by atoms with van der Waals surface area (Å²) < 4.78 is 20.0. The van der Waals surface area contributed by atoms with Crippen molar-refractivity contribution < 1.29 is 9.13 Å². The summed E-state index contributed by atoms with van der Waals surface area (Å²) in [6, 6.07) is 10.6. The Balaban J connectivity index is 1.99. The number of benzene rings is 2. The fourth-order valence-electron chi connectivity index (χ4n) is 2.58. The molecule has 0 aliphatic carbocycles. The second-order valence-corrected chi connectivity index (χ2v) is 5.54. The SMILES string of the molecule is Cc1ccc2c(c1)C(N)CC(c1cccc(Cl)c1F)O2. The van der Waals surface area contributed by atoms with Crippen LogP contribution in [0, 0.1) is 12.7 Å². The van der Waals surface area contributed by atoms with Gasteiger partial charge in [0.15, 0.2) is 0 Å². The van der Waals surface area contributed by atoms with Crippen LogP contribution in [0.5, 0.6) is 5.75 Å². The van der Waals surface area contributed by atoms with Gasteiger partial charge in [-0.15, -0.1) is 0 Å². The van der Waals surface area contributed by atoms with Gasteiger partial charge in [0.25, 0.3) is 0 Å². The average molecular weight is 292 g/mol. The van der Waals surface area contributed by atoms with Crippen molar-refractivity contribution >= 4 is 11.6 Å². The first-order valence-electron chi connectivity index (χ1n) is 6.53. The Morgan fingerprint density at radius 2 is 2.05 bits per heavy atom. The van der Waals surface area contributed by atoms with Gasteiger partial charge >= 0.3 is 0 Å². The second-order valence-electron chi connectivity index (χ2n) is 5.13. The molecule has 0 saturated carbocycles. The van der Waals surface area contributed by atoms with Crippen molar-refractivity contribution in [1.29, 1.82) is 0 Å². The Labute approximate surface area is 122 Å². The minimum absolute atomic E-state index is 0.106. The van der Waals surface area contributed by atoms with E-state index in [4.69, 9.17) is 22.1 Å². The molecular formula is C16H15ClFNO. The number of fused-ring (bicyclic) bond motifs is 1. The topological polar surface area (TPSA) is 35.2 Å². The van der Waals surface area contributed by atoms with Crippen LogP contribution in [0.25, 0.3) is 0 Å². The lowest BCUT2D eigenvalue weighted by Gasteiger charge is -2.31. The van der Waals surface area contributed by atoms with E-state index in [0.29, 0.717) is 12.0 Å². The lowest BCUT2D eigenvalue weighted by molar-refractivity contribution is 0.157. The molecule has 2 nitrogen and oxygen atoms in total. The van der Waals surface area contributed by atoms with Gasteiger partial charge in [0.05, 0.1) is 5.02 Å². The molecule has 1 aliphatic heterocycles. The van der Waals surface area contributed by atoms with E-state index in [2.05, 4.69) is 0 Å². The van der Waals surface area contributed by atoms with Crippen molar-refractivity contribution in [2.45, 2.75) is 25.5 Å². The zero-order valence-electron chi connectivity index (χ0n) is 11.1. The molecule has 0 aromatic heterocycles. The van der Waals surface area contributed by atoms with E-state index < -0.39 is 11.9 Å². The highest BCUT2D eigenvalue weighted by molar-refractivity contribution is 6.30. The molecule has 1 heterocycles. The molecular weight excluding hydrogens is 277 g/mol. The molecule has 1 aliphatic rings. The highest BCUT2D eigenvalue weighted by Gasteiger charge is 2.29. The molecule has 0 saturated heterocycles. The van der Waals surface area contributed by atoms with E-state index in [1.807, 2.05) is 25.1 Å². The summed E-state index contributed by atoms with van der Waals surface area (Å²) in [6.45, 7) is 2.01. The van der Waals surface area contributed by atoms with Crippen LogP contribution in [0.3, 0.4) is 0 Å². The van der Waals surface area contributed by atoms with Gasteiger partial charge in [-0.05, 0) is 19.1 Å². The molecule has 2 atom stereocenters. The van der Waals surface area contributed by atoms with Gasteiger partial charge < -0.3 is 10.5 Å². The molecule has 2 N–H and O–H groups in total. The predicted molar refractivity (Wildman–Crippen MR) is 77.5 cm³/mol. The van der Waals surface area contributed by atoms with Gasteiger partial charge in [0.2, 0.25) is 0 Å². The van der Waals surface area contributed by atoms with Crippen LogP contribution in [0.15, 0.2) is 36.4 Å². The summed E-state index contributed by atoms with van der Waals surface area (Å²) in [6.07, 6.45) is 0.132. The Hall–Kier alpha value is -1.58. The number of rotatable bonds is 1. The first-order valence-corrected chi connectivity index (χ1v) is 6.90. The number of ether oxygens (including phenoxy) is 1. The first-order chi connectivity index (χ1) is 9.56. The van der Waals surface area contributed by atoms with Crippen molar-refractivity contribution in [3.05, 3.63) is 63.9 Å². The standard InChI is InChI=1S/C16H15ClFNO/c1-9-5-6-14-11(7-9)13(19)8-15(20-14)10-3-2-4-12(17)16(10)18/h2-7,13,15H,8,19H2,1H3. The average Bonchev–Trinajstić information content (AvgIpc) is 2.42. The maximum absolute atomic E-state index is 14.1.